The molecule has 0 spiro atoms. The van der Waals surface area contributed by atoms with Gasteiger partial charge < -0.3 is 15.6 Å². The Bertz CT molecular complexity index is 406. The van der Waals surface area contributed by atoms with Crippen molar-refractivity contribution in [3.05, 3.63) is 48.3 Å². The molecule has 0 fully saturated rings. The third kappa shape index (κ3) is 2.63. The van der Waals surface area contributed by atoms with E-state index >= 15 is 0 Å². The van der Waals surface area contributed by atoms with E-state index in [0.29, 0.717) is 18.0 Å². The second-order valence-corrected chi connectivity index (χ2v) is 3.37. The van der Waals surface area contributed by atoms with E-state index < -0.39 is 0 Å². The molecule has 0 aliphatic rings. The summed E-state index contributed by atoms with van der Waals surface area (Å²) in [5.41, 5.74) is 6.96. The van der Waals surface area contributed by atoms with Crippen LogP contribution in [0, 0.1) is 0 Å². The summed E-state index contributed by atoms with van der Waals surface area (Å²) < 4.78 is 5.47. The zero-order valence-corrected chi connectivity index (χ0v) is 8.63. The Kier molecular flexibility index (Phi) is 2.91. The zero-order chi connectivity index (χ0) is 11.4. The van der Waals surface area contributed by atoms with Gasteiger partial charge >= 0.3 is 0 Å². The molecule has 3 N–H and O–H groups in total. The predicted octanol–water partition coefficient (Wildman–Crippen LogP) is 1.95. The molecule has 0 saturated heterocycles. The van der Waals surface area contributed by atoms with Gasteiger partial charge in [-0.3, -0.25) is 4.98 Å². The number of aromatic hydroxyl groups is 1. The van der Waals surface area contributed by atoms with Crippen molar-refractivity contribution in [3.8, 4) is 11.5 Å². The molecule has 4 nitrogen and oxygen atoms in total. The molecule has 82 valence electrons. The number of nitrogens with two attached hydrogens (primary N) is 1. The number of benzene rings is 1. The molecular formula is C12H12N2O2. The zero-order valence-electron chi connectivity index (χ0n) is 8.63. The Balaban J connectivity index is 1.97. The number of rotatable bonds is 3. The fraction of sp³-hybridized carbons (Fsp3) is 0.0833. The number of aromatic nitrogens is 1. The van der Waals surface area contributed by atoms with Crippen LogP contribution in [-0.2, 0) is 6.61 Å². The molecule has 1 aromatic heterocycles. The lowest BCUT2D eigenvalue weighted by Gasteiger charge is -2.05. The van der Waals surface area contributed by atoms with Crippen LogP contribution in [0.5, 0.6) is 11.5 Å². The highest BCUT2D eigenvalue weighted by atomic mass is 16.5. The number of pyridine rings is 1. The molecule has 1 heterocycles. The van der Waals surface area contributed by atoms with Crippen LogP contribution in [0.25, 0.3) is 0 Å². The van der Waals surface area contributed by atoms with Gasteiger partial charge in [0.1, 0.15) is 18.1 Å². The van der Waals surface area contributed by atoms with Crippen LogP contribution in [0.2, 0.25) is 0 Å². The summed E-state index contributed by atoms with van der Waals surface area (Å²) in [4.78, 5) is 4.11. The average Bonchev–Trinajstić information content (AvgIpc) is 2.30. The Morgan fingerprint density at radius 3 is 2.50 bits per heavy atom. The smallest absolute Gasteiger partial charge is 0.130 e. The maximum Gasteiger partial charge on any atom is 0.130 e. The summed E-state index contributed by atoms with van der Waals surface area (Å²) in [6.45, 7) is 0.380. The van der Waals surface area contributed by atoms with Crippen LogP contribution in [0.1, 0.15) is 5.69 Å². The third-order valence-electron chi connectivity index (χ3n) is 2.07. The number of phenols is 1. The van der Waals surface area contributed by atoms with Crippen molar-refractivity contribution >= 4 is 5.69 Å². The van der Waals surface area contributed by atoms with E-state index in [-0.39, 0.29) is 5.75 Å². The van der Waals surface area contributed by atoms with Gasteiger partial charge in [0.25, 0.3) is 0 Å². The number of hydrogen-bond acceptors (Lipinski definition) is 4. The summed E-state index contributed by atoms with van der Waals surface area (Å²) in [6, 6.07) is 10.1. The lowest BCUT2D eigenvalue weighted by Crippen LogP contribution is -1.98. The van der Waals surface area contributed by atoms with Gasteiger partial charge in [0.2, 0.25) is 0 Å². The quantitative estimate of drug-likeness (QED) is 0.822. The average molecular weight is 216 g/mol. The summed E-state index contributed by atoms with van der Waals surface area (Å²) in [5, 5.41) is 9.09. The second-order valence-electron chi connectivity index (χ2n) is 3.37. The number of nitrogen functional groups attached to an aromatic ring is 1. The highest BCUT2D eigenvalue weighted by Gasteiger charge is 1.97. The highest BCUT2D eigenvalue weighted by Crippen LogP contribution is 2.16. The van der Waals surface area contributed by atoms with Crippen molar-refractivity contribution in [2.75, 3.05) is 5.73 Å². The van der Waals surface area contributed by atoms with Crippen LogP contribution < -0.4 is 10.5 Å². The molecule has 0 aliphatic carbocycles. The van der Waals surface area contributed by atoms with E-state index in [4.69, 9.17) is 15.6 Å². The molecule has 4 heteroatoms. The van der Waals surface area contributed by atoms with Crippen molar-refractivity contribution in [2.45, 2.75) is 6.61 Å². The fourth-order valence-electron chi connectivity index (χ4n) is 1.22. The molecule has 16 heavy (non-hydrogen) atoms. The van der Waals surface area contributed by atoms with Crippen LogP contribution in [0.3, 0.4) is 0 Å². The van der Waals surface area contributed by atoms with Gasteiger partial charge in [-0.1, -0.05) is 0 Å². The molecular weight excluding hydrogens is 204 g/mol. The van der Waals surface area contributed by atoms with E-state index in [1.165, 1.54) is 0 Å². The molecule has 0 unspecified atom stereocenters. The molecule has 0 aliphatic heterocycles. The minimum Gasteiger partial charge on any atom is -0.508 e. The third-order valence-corrected chi connectivity index (χ3v) is 2.07. The molecule has 2 aromatic rings. The normalized spacial score (nSPS) is 10.0. The van der Waals surface area contributed by atoms with Gasteiger partial charge in [0.05, 0.1) is 17.6 Å². The van der Waals surface area contributed by atoms with Crippen LogP contribution in [0.4, 0.5) is 5.69 Å². The lowest BCUT2D eigenvalue weighted by molar-refractivity contribution is 0.301. The monoisotopic (exact) mass is 216 g/mol. The molecule has 0 radical (unpaired) electrons. The van der Waals surface area contributed by atoms with Crippen LogP contribution in [-0.4, -0.2) is 10.1 Å². The Morgan fingerprint density at radius 2 is 1.88 bits per heavy atom. The number of hydrogen-bond donors (Lipinski definition) is 2. The number of ether oxygens (including phenoxy) is 1. The SMILES string of the molecule is Nc1ccc(COc2ccc(O)cc2)nc1. The van der Waals surface area contributed by atoms with Crippen molar-refractivity contribution in [1.29, 1.82) is 0 Å². The molecule has 0 amide bonds. The Hall–Kier alpha value is -2.23. The molecule has 0 bridgehead atoms. The summed E-state index contributed by atoms with van der Waals surface area (Å²) in [6.07, 6.45) is 1.59. The van der Waals surface area contributed by atoms with E-state index in [1.54, 1.807) is 36.5 Å². The van der Waals surface area contributed by atoms with E-state index in [2.05, 4.69) is 4.98 Å². The van der Waals surface area contributed by atoms with Crippen molar-refractivity contribution in [2.24, 2.45) is 0 Å². The maximum atomic E-state index is 9.09. The minimum atomic E-state index is 0.220. The van der Waals surface area contributed by atoms with E-state index in [1.807, 2.05) is 6.07 Å². The second kappa shape index (κ2) is 4.53. The van der Waals surface area contributed by atoms with Gasteiger partial charge in [-0.25, -0.2) is 0 Å². The van der Waals surface area contributed by atoms with E-state index in [0.717, 1.165) is 5.69 Å². The van der Waals surface area contributed by atoms with Gasteiger partial charge in [-0.2, -0.15) is 0 Å². The number of anilines is 1. The first-order chi connectivity index (χ1) is 7.74. The Labute approximate surface area is 93.3 Å². The lowest BCUT2D eigenvalue weighted by atomic mass is 10.3. The summed E-state index contributed by atoms with van der Waals surface area (Å²) in [5.74, 6) is 0.911. The highest BCUT2D eigenvalue weighted by molar-refractivity contribution is 5.34. The van der Waals surface area contributed by atoms with Crippen LogP contribution >= 0.6 is 0 Å². The molecule has 0 saturated carbocycles. The topological polar surface area (TPSA) is 68.4 Å². The number of phenolic OH excluding ortho intramolecular Hbond substituents is 1. The summed E-state index contributed by atoms with van der Waals surface area (Å²) >= 11 is 0. The number of nitrogens with zero attached hydrogens (tertiary/aromatic N) is 1. The standard InChI is InChI=1S/C12H12N2O2/c13-9-1-2-10(14-7-9)8-16-12-5-3-11(15)4-6-12/h1-7,15H,8,13H2. The first-order valence-corrected chi connectivity index (χ1v) is 4.86. The van der Waals surface area contributed by atoms with Crippen LogP contribution in [0.15, 0.2) is 42.6 Å². The maximum absolute atomic E-state index is 9.09. The van der Waals surface area contributed by atoms with Crippen molar-refractivity contribution < 1.29 is 9.84 Å². The van der Waals surface area contributed by atoms with Crippen molar-refractivity contribution in [3.63, 3.8) is 0 Å². The summed E-state index contributed by atoms with van der Waals surface area (Å²) in [7, 11) is 0. The fourth-order valence-corrected chi connectivity index (χ4v) is 1.22. The van der Waals surface area contributed by atoms with Crippen molar-refractivity contribution in [1.82, 2.24) is 4.98 Å². The minimum absolute atomic E-state index is 0.220. The van der Waals surface area contributed by atoms with Gasteiger partial charge in [-0.15, -0.1) is 0 Å². The molecule has 2 rings (SSSR count). The predicted molar refractivity (Wildman–Crippen MR) is 61.1 cm³/mol. The van der Waals surface area contributed by atoms with Gasteiger partial charge in [-0.05, 0) is 36.4 Å². The Morgan fingerprint density at radius 1 is 1.12 bits per heavy atom. The largest absolute Gasteiger partial charge is 0.508 e. The molecule has 0 atom stereocenters. The van der Waals surface area contributed by atoms with Gasteiger partial charge in [0, 0.05) is 0 Å². The first kappa shape index (κ1) is 10.3. The molecule has 1 aromatic carbocycles. The van der Waals surface area contributed by atoms with Gasteiger partial charge in [0.15, 0.2) is 0 Å². The first-order valence-electron chi connectivity index (χ1n) is 4.86. The van der Waals surface area contributed by atoms with E-state index in [9.17, 15) is 0 Å².